The smallest absolute Gasteiger partial charge is 0.164 e. The van der Waals surface area contributed by atoms with Crippen molar-refractivity contribution in [1.29, 1.82) is 0 Å². The third kappa shape index (κ3) is 4.25. The summed E-state index contributed by atoms with van der Waals surface area (Å²) in [6.45, 7) is 2.17. The summed E-state index contributed by atoms with van der Waals surface area (Å²) in [6.07, 6.45) is 10.8. The zero-order valence-corrected chi connectivity index (χ0v) is 10.6. The van der Waals surface area contributed by atoms with Crippen molar-refractivity contribution in [2.45, 2.75) is 83.2 Å². The predicted molar refractivity (Wildman–Crippen MR) is 66.4 cm³/mol. The van der Waals surface area contributed by atoms with Crippen LogP contribution in [-0.2, 0) is 4.79 Å². The van der Waals surface area contributed by atoms with E-state index in [0.717, 1.165) is 25.7 Å². The lowest BCUT2D eigenvalue weighted by molar-refractivity contribution is -0.138. The van der Waals surface area contributed by atoms with E-state index in [-0.39, 0.29) is 5.78 Å². The number of carbonyl (C=O) groups excluding carboxylic acids is 1. The Morgan fingerprint density at radius 1 is 1.06 bits per heavy atom. The van der Waals surface area contributed by atoms with Gasteiger partial charge < -0.3 is 5.11 Å². The molecule has 0 aromatic heterocycles. The van der Waals surface area contributed by atoms with Gasteiger partial charge in [0, 0.05) is 6.42 Å². The Morgan fingerprint density at radius 2 is 1.69 bits per heavy atom. The lowest BCUT2D eigenvalue weighted by Crippen LogP contribution is -2.37. The normalized spacial score (nSPS) is 20.4. The van der Waals surface area contributed by atoms with Gasteiger partial charge in [0.2, 0.25) is 0 Å². The summed E-state index contributed by atoms with van der Waals surface area (Å²) in [6, 6.07) is 0. The zero-order valence-electron chi connectivity index (χ0n) is 10.6. The van der Waals surface area contributed by atoms with Gasteiger partial charge in [-0.3, -0.25) is 4.79 Å². The van der Waals surface area contributed by atoms with E-state index < -0.39 is 5.60 Å². The third-order valence-electron chi connectivity index (χ3n) is 3.71. The fourth-order valence-electron chi connectivity index (χ4n) is 2.54. The number of unbranched alkanes of at least 4 members (excludes halogenated alkanes) is 3. The Bertz CT molecular complexity index is 203. The second kappa shape index (κ2) is 7.05. The number of carbonyl (C=O) groups is 1. The Labute approximate surface area is 99.4 Å². The summed E-state index contributed by atoms with van der Waals surface area (Å²) in [4.78, 5) is 12.0. The van der Waals surface area contributed by atoms with Gasteiger partial charge in [0.15, 0.2) is 5.78 Å². The number of Topliss-reactive ketones (excluding diaryl/α,β-unsaturated/α-hetero) is 1. The van der Waals surface area contributed by atoms with E-state index in [0.29, 0.717) is 19.3 Å². The first kappa shape index (κ1) is 13.7. The van der Waals surface area contributed by atoms with Crippen molar-refractivity contribution in [2.75, 3.05) is 0 Å². The first-order chi connectivity index (χ1) is 7.69. The van der Waals surface area contributed by atoms with Crippen molar-refractivity contribution in [1.82, 2.24) is 0 Å². The van der Waals surface area contributed by atoms with Crippen LogP contribution < -0.4 is 0 Å². The summed E-state index contributed by atoms with van der Waals surface area (Å²) < 4.78 is 0. The molecule has 0 aromatic carbocycles. The van der Waals surface area contributed by atoms with Crippen LogP contribution in [0.3, 0.4) is 0 Å². The largest absolute Gasteiger partial charge is 0.382 e. The minimum atomic E-state index is -0.970. The van der Waals surface area contributed by atoms with E-state index in [1.807, 2.05) is 0 Å². The maximum atomic E-state index is 12.0. The number of hydrogen-bond acceptors (Lipinski definition) is 2. The van der Waals surface area contributed by atoms with Crippen molar-refractivity contribution in [3.8, 4) is 0 Å². The van der Waals surface area contributed by atoms with Gasteiger partial charge in [0.05, 0.1) is 0 Å². The molecule has 16 heavy (non-hydrogen) atoms. The second-order valence-corrected chi connectivity index (χ2v) is 5.18. The number of aliphatic hydroxyl groups is 1. The van der Waals surface area contributed by atoms with Crippen LogP contribution in [0.25, 0.3) is 0 Å². The maximum absolute atomic E-state index is 12.0. The van der Waals surface area contributed by atoms with Gasteiger partial charge in [-0.05, 0) is 19.3 Å². The molecule has 0 spiro atoms. The van der Waals surface area contributed by atoms with Gasteiger partial charge in [0.1, 0.15) is 5.60 Å². The lowest BCUT2D eigenvalue weighted by Gasteiger charge is -2.24. The summed E-state index contributed by atoms with van der Waals surface area (Å²) in [5.74, 6) is 0.102. The van der Waals surface area contributed by atoms with Gasteiger partial charge >= 0.3 is 0 Å². The fraction of sp³-hybridized carbons (Fsp3) is 0.929. The molecule has 0 aromatic rings. The molecule has 0 unspecified atom stereocenters. The molecule has 0 atom stereocenters. The maximum Gasteiger partial charge on any atom is 0.164 e. The van der Waals surface area contributed by atoms with E-state index in [2.05, 4.69) is 6.92 Å². The Balaban J connectivity index is 2.32. The van der Waals surface area contributed by atoms with Crippen LogP contribution in [0.4, 0.5) is 0 Å². The van der Waals surface area contributed by atoms with Crippen LogP contribution in [0, 0.1) is 0 Å². The number of hydrogen-bond donors (Lipinski definition) is 1. The van der Waals surface area contributed by atoms with Crippen LogP contribution in [0.1, 0.15) is 77.6 Å². The summed E-state index contributed by atoms with van der Waals surface area (Å²) in [7, 11) is 0. The summed E-state index contributed by atoms with van der Waals surface area (Å²) in [5, 5.41) is 10.3. The molecule has 0 radical (unpaired) electrons. The minimum absolute atomic E-state index is 0.102. The molecule has 1 rings (SSSR count). The molecule has 94 valence electrons. The highest BCUT2D eigenvalue weighted by Crippen LogP contribution is 2.29. The summed E-state index contributed by atoms with van der Waals surface area (Å²) in [5.41, 5.74) is -0.970. The lowest BCUT2D eigenvalue weighted by atomic mass is 9.87. The van der Waals surface area contributed by atoms with Gasteiger partial charge in [-0.2, -0.15) is 0 Å². The molecule has 1 aliphatic rings. The molecular formula is C14H26O2. The van der Waals surface area contributed by atoms with Crippen LogP contribution >= 0.6 is 0 Å². The van der Waals surface area contributed by atoms with Crippen molar-refractivity contribution in [3.63, 3.8) is 0 Å². The zero-order chi connectivity index (χ0) is 11.9. The van der Waals surface area contributed by atoms with Gasteiger partial charge in [-0.15, -0.1) is 0 Å². The van der Waals surface area contributed by atoms with E-state index in [1.165, 1.54) is 25.7 Å². The fourth-order valence-corrected chi connectivity index (χ4v) is 2.54. The molecule has 1 fully saturated rings. The molecule has 0 aliphatic heterocycles. The molecule has 2 heteroatoms. The topological polar surface area (TPSA) is 37.3 Å². The Kier molecular flexibility index (Phi) is 6.04. The number of ketones is 1. The minimum Gasteiger partial charge on any atom is -0.382 e. The molecule has 0 heterocycles. The van der Waals surface area contributed by atoms with E-state index in [1.54, 1.807) is 0 Å². The average Bonchev–Trinajstić information content (AvgIpc) is 2.50. The molecule has 2 nitrogen and oxygen atoms in total. The molecule has 0 saturated heterocycles. The first-order valence-electron chi connectivity index (χ1n) is 6.95. The molecule has 1 N–H and O–H groups in total. The highest BCUT2D eigenvalue weighted by molar-refractivity contribution is 5.86. The van der Waals surface area contributed by atoms with Crippen molar-refractivity contribution >= 4 is 5.78 Å². The predicted octanol–water partition coefficient (Wildman–Crippen LogP) is 3.61. The van der Waals surface area contributed by atoms with Crippen LogP contribution in [0.5, 0.6) is 0 Å². The average molecular weight is 226 g/mol. The van der Waals surface area contributed by atoms with E-state index in [9.17, 15) is 9.90 Å². The Hall–Kier alpha value is -0.370. The first-order valence-corrected chi connectivity index (χ1v) is 6.95. The molecule has 1 saturated carbocycles. The van der Waals surface area contributed by atoms with Crippen molar-refractivity contribution in [2.24, 2.45) is 0 Å². The molecule has 0 amide bonds. The van der Waals surface area contributed by atoms with E-state index in [4.69, 9.17) is 0 Å². The van der Waals surface area contributed by atoms with Gasteiger partial charge in [-0.1, -0.05) is 51.9 Å². The standard InChI is InChI=1S/C14H26O2/c1-2-3-4-7-10-13(15)14(16)11-8-5-6-9-12-14/h16H,2-12H2,1H3. The SMILES string of the molecule is CCCCCCC(=O)C1(O)CCCCCC1. The van der Waals surface area contributed by atoms with Crippen molar-refractivity contribution < 1.29 is 9.90 Å². The monoisotopic (exact) mass is 226 g/mol. The Morgan fingerprint density at radius 3 is 2.25 bits per heavy atom. The quantitative estimate of drug-likeness (QED) is 0.555. The van der Waals surface area contributed by atoms with Crippen LogP contribution in [0.2, 0.25) is 0 Å². The molecular weight excluding hydrogens is 200 g/mol. The summed E-state index contributed by atoms with van der Waals surface area (Å²) >= 11 is 0. The third-order valence-corrected chi connectivity index (χ3v) is 3.71. The van der Waals surface area contributed by atoms with Gasteiger partial charge in [-0.25, -0.2) is 0 Å². The van der Waals surface area contributed by atoms with Crippen LogP contribution in [-0.4, -0.2) is 16.5 Å². The van der Waals surface area contributed by atoms with Gasteiger partial charge in [0.25, 0.3) is 0 Å². The highest BCUT2D eigenvalue weighted by atomic mass is 16.3. The van der Waals surface area contributed by atoms with E-state index >= 15 is 0 Å². The second-order valence-electron chi connectivity index (χ2n) is 5.18. The number of rotatable bonds is 6. The van der Waals surface area contributed by atoms with Crippen molar-refractivity contribution in [3.05, 3.63) is 0 Å². The molecule has 0 bridgehead atoms. The van der Waals surface area contributed by atoms with Crippen LogP contribution in [0.15, 0.2) is 0 Å². The molecule has 1 aliphatic carbocycles. The highest BCUT2D eigenvalue weighted by Gasteiger charge is 2.34.